The first-order chi connectivity index (χ1) is 12.2. The Bertz CT molecular complexity index is 1030. The van der Waals surface area contributed by atoms with Gasteiger partial charge in [0.05, 0.1) is 25.2 Å². The number of methoxy groups -OCH3 is 1. The molecule has 5 heteroatoms. The maximum Gasteiger partial charge on any atom is 0.121 e. The lowest BCUT2D eigenvalue weighted by molar-refractivity contribution is 0.415. The SMILES string of the molecule is COc1cc(Nc2ccnc3ccc(Br)cc23)cc(-c2ccoc2)c1. The second-order valence-electron chi connectivity index (χ2n) is 5.61. The van der Waals surface area contributed by atoms with Gasteiger partial charge in [-0.3, -0.25) is 4.98 Å². The van der Waals surface area contributed by atoms with Crippen molar-refractivity contribution in [1.29, 1.82) is 0 Å². The Kier molecular flexibility index (Phi) is 4.15. The van der Waals surface area contributed by atoms with Crippen LogP contribution in [0.15, 0.2) is 76.1 Å². The first-order valence-electron chi connectivity index (χ1n) is 7.76. The fourth-order valence-electron chi connectivity index (χ4n) is 2.77. The van der Waals surface area contributed by atoms with Gasteiger partial charge in [-0.1, -0.05) is 15.9 Å². The summed E-state index contributed by atoms with van der Waals surface area (Å²) in [6.45, 7) is 0. The Morgan fingerprint density at radius 2 is 1.96 bits per heavy atom. The summed E-state index contributed by atoms with van der Waals surface area (Å²) in [6, 6.07) is 15.9. The lowest BCUT2D eigenvalue weighted by Crippen LogP contribution is -1.94. The summed E-state index contributed by atoms with van der Waals surface area (Å²) < 4.78 is 11.7. The molecule has 2 aromatic carbocycles. The Labute approximate surface area is 153 Å². The fourth-order valence-corrected chi connectivity index (χ4v) is 3.13. The number of nitrogens with one attached hydrogen (secondary N) is 1. The predicted octanol–water partition coefficient (Wildman–Crippen LogP) is 6.01. The van der Waals surface area contributed by atoms with Gasteiger partial charge in [-0.05, 0) is 48.0 Å². The lowest BCUT2D eigenvalue weighted by Gasteiger charge is -2.12. The van der Waals surface area contributed by atoms with Gasteiger partial charge in [0.2, 0.25) is 0 Å². The molecule has 0 saturated carbocycles. The van der Waals surface area contributed by atoms with E-state index in [9.17, 15) is 0 Å². The minimum atomic E-state index is 0.778. The maximum absolute atomic E-state index is 5.45. The van der Waals surface area contributed by atoms with Gasteiger partial charge in [-0.15, -0.1) is 0 Å². The predicted molar refractivity (Wildman–Crippen MR) is 103 cm³/mol. The molecule has 4 aromatic rings. The molecule has 2 heterocycles. The van der Waals surface area contributed by atoms with Gasteiger partial charge in [0.1, 0.15) is 5.75 Å². The van der Waals surface area contributed by atoms with E-state index in [-0.39, 0.29) is 0 Å². The molecule has 25 heavy (non-hydrogen) atoms. The van der Waals surface area contributed by atoms with Gasteiger partial charge in [-0.2, -0.15) is 0 Å². The van der Waals surface area contributed by atoms with E-state index < -0.39 is 0 Å². The van der Waals surface area contributed by atoms with E-state index in [0.717, 1.165) is 43.6 Å². The van der Waals surface area contributed by atoms with Crippen molar-refractivity contribution in [1.82, 2.24) is 4.98 Å². The largest absolute Gasteiger partial charge is 0.497 e. The zero-order chi connectivity index (χ0) is 17.2. The third-order valence-electron chi connectivity index (χ3n) is 3.98. The van der Waals surface area contributed by atoms with Gasteiger partial charge in [0.15, 0.2) is 0 Å². The van der Waals surface area contributed by atoms with E-state index in [1.807, 2.05) is 36.4 Å². The van der Waals surface area contributed by atoms with Gasteiger partial charge in [0.25, 0.3) is 0 Å². The molecule has 0 fully saturated rings. The summed E-state index contributed by atoms with van der Waals surface area (Å²) in [5.41, 5.74) is 4.88. The van der Waals surface area contributed by atoms with Crippen molar-refractivity contribution in [2.75, 3.05) is 12.4 Å². The highest BCUT2D eigenvalue weighted by Crippen LogP contribution is 2.32. The average molecular weight is 395 g/mol. The smallest absolute Gasteiger partial charge is 0.121 e. The fraction of sp³-hybridized carbons (Fsp3) is 0.0500. The summed E-state index contributed by atoms with van der Waals surface area (Å²) in [6.07, 6.45) is 5.18. The van der Waals surface area contributed by atoms with Crippen molar-refractivity contribution in [3.63, 3.8) is 0 Å². The number of hydrogen-bond acceptors (Lipinski definition) is 4. The Hall–Kier alpha value is -2.79. The molecule has 1 N–H and O–H groups in total. The number of hydrogen-bond donors (Lipinski definition) is 1. The molecular formula is C20H15BrN2O2. The third-order valence-corrected chi connectivity index (χ3v) is 4.47. The number of rotatable bonds is 4. The molecule has 0 radical (unpaired) electrons. The van der Waals surface area contributed by atoms with Crippen LogP contribution in [0.2, 0.25) is 0 Å². The van der Waals surface area contributed by atoms with Crippen LogP contribution in [0.1, 0.15) is 0 Å². The molecule has 4 rings (SSSR count). The number of benzene rings is 2. The van der Waals surface area contributed by atoms with Crippen LogP contribution in [-0.4, -0.2) is 12.1 Å². The number of furan rings is 1. The molecule has 0 aliphatic carbocycles. The molecule has 0 bridgehead atoms. The first kappa shape index (κ1) is 15.7. The van der Waals surface area contributed by atoms with E-state index >= 15 is 0 Å². The van der Waals surface area contributed by atoms with Crippen molar-refractivity contribution in [3.05, 3.63) is 71.7 Å². The number of aromatic nitrogens is 1. The van der Waals surface area contributed by atoms with Crippen LogP contribution in [-0.2, 0) is 0 Å². The molecular weight excluding hydrogens is 380 g/mol. The van der Waals surface area contributed by atoms with Gasteiger partial charge >= 0.3 is 0 Å². The van der Waals surface area contributed by atoms with Crippen LogP contribution in [0.5, 0.6) is 5.75 Å². The van der Waals surface area contributed by atoms with E-state index in [1.54, 1.807) is 25.8 Å². The van der Waals surface area contributed by atoms with Crippen LogP contribution in [0.4, 0.5) is 11.4 Å². The molecule has 0 aliphatic rings. The highest BCUT2D eigenvalue weighted by molar-refractivity contribution is 9.10. The second kappa shape index (κ2) is 6.61. The van der Waals surface area contributed by atoms with Crippen LogP contribution in [0.25, 0.3) is 22.0 Å². The van der Waals surface area contributed by atoms with Crippen LogP contribution < -0.4 is 10.1 Å². The molecule has 0 atom stereocenters. The zero-order valence-electron chi connectivity index (χ0n) is 13.5. The molecule has 0 amide bonds. The maximum atomic E-state index is 5.45. The highest BCUT2D eigenvalue weighted by Gasteiger charge is 2.08. The monoisotopic (exact) mass is 394 g/mol. The van der Waals surface area contributed by atoms with E-state index in [1.165, 1.54) is 0 Å². The Morgan fingerprint density at radius 3 is 2.76 bits per heavy atom. The standard InChI is InChI=1S/C20H15BrN2O2/c1-24-17-9-14(13-5-7-25-12-13)8-16(11-17)23-20-4-6-22-19-3-2-15(21)10-18(19)20/h2-12H,1H3,(H,22,23). The lowest BCUT2D eigenvalue weighted by atomic mass is 10.1. The van der Waals surface area contributed by atoms with Crippen molar-refractivity contribution in [2.24, 2.45) is 0 Å². The molecule has 2 aromatic heterocycles. The van der Waals surface area contributed by atoms with E-state index in [0.29, 0.717) is 0 Å². The normalized spacial score (nSPS) is 10.8. The summed E-state index contributed by atoms with van der Waals surface area (Å²) in [5.74, 6) is 0.778. The Morgan fingerprint density at radius 1 is 1.04 bits per heavy atom. The average Bonchev–Trinajstić information content (AvgIpc) is 3.17. The zero-order valence-corrected chi connectivity index (χ0v) is 15.1. The minimum absolute atomic E-state index is 0.778. The van der Waals surface area contributed by atoms with E-state index in [4.69, 9.17) is 9.15 Å². The number of ether oxygens (including phenoxy) is 1. The van der Waals surface area contributed by atoms with E-state index in [2.05, 4.69) is 38.4 Å². The van der Waals surface area contributed by atoms with Gasteiger partial charge in [-0.25, -0.2) is 0 Å². The Balaban J connectivity index is 1.78. The van der Waals surface area contributed by atoms with Crippen LogP contribution >= 0.6 is 15.9 Å². The molecule has 0 saturated heterocycles. The first-order valence-corrected chi connectivity index (χ1v) is 8.55. The van der Waals surface area contributed by atoms with Crippen LogP contribution in [0, 0.1) is 0 Å². The molecule has 4 nitrogen and oxygen atoms in total. The van der Waals surface area contributed by atoms with Gasteiger partial charge < -0.3 is 14.5 Å². The summed E-state index contributed by atoms with van der Waals surface area (Å²) >= 11 is 3.53. The number of anilines is 2. The quantitative estimate of drug-likeness (QED) is 0.460. The van der Waals surface area contributed by atoms with Crippen molar-refractivity contribution in [3.8, 4) is 16.9 Å². The van der Waals surface area contributed by atoms with Crippen LogP contribution in [0.3, 0.4) is 0 Å². The molecule has 0 unspecified atom stereocenters. The number of halogens is 1. The minimum Gasteiger partial charge on any atom is -0.497 e. The second-order valence-corrected chi connectivity index (χ2v) is 6.52. The number of fused-ring (bicyclic) bond motifs is 1. The molecule has 124 valence electrons. The van der Waals surface area contributed by atoms with Gasteiger partial charge in [0, 0.05) is 39.1 Å². The molecule has 0 aliphatic heterocycles. The van der Waals surface area contributed by atoms with Crippen molar-refractivity contribution >= 4 is 38.2 Å². The summed E-state index contributed by atoms with van der Waals surface area (Å²) in [4.78, 5) is 4.42. The third kappa shape index (κ3) is 3.23. The topological polar surface area (TPSA) is 47.3 Å². The van der Waals surface area contributed by atoms with Crippen molar-refractivity contribution in [2.45, 2.75) is 0 Å². The number of nitrogens with zero attached hydrogens (tertiary/aromatic N) is 1. The summed E-state index contributed by atoms with van der Waals surface area (Å²) in [7, 11) is 1.66. The summed E-state index contributed by atoms with van der Waals surface area (Å²) in [5, 5.41) is 4.53. The number of pyridine rings is 1. The highest BCUT2D eigenvalue weighted by atomic mass is 79.9. The van der Waals surface area contributed by atoms with Crippen molar-refractivity contribution < 1.29 is 9.15 Å². The molecule has 0 spiro atoms.